The van der Waals surface area contributed by atoms with E-state index in [1.165, 1.54) is 51.5 Å². The topological polar surface area (TPSA) is 72.9 Å². The highest BCUT2D eigenvalue weighted by atomic mass is 15.1. The van der Waals surface area contributed by atoms with Crippen LogP contribution in [0.2, 0.25) is 0 Å². The van der Waals surface area contributed by atoms with E-state index in [2.05, 4.69) is 24.4 Å². The summed E-state index contributed by atoms with van der Waals surface area (Å²) in [5, 5.41) is 0. The highest BCUT2D eigenvalue weighted by Gasteiger charge is 2.10. The zero-order valence-corrected chi connectivity index (χ0v) is 12.5. The number of nitrogens with two attached hydrogens (primary N) is 1. The van der Waals surface area contributed by atoms with Gasteiger partial charge in [-0.25, -0.2) is 15.0 Å². The number of hydrogen-bond acceptors (Lipinski definition) is 5. The van der Waals surface area contributed by atoms with Crippen molar-refractivity contribution < 1.29 is 0 Å². The Morgan fingerprint density at radius 1 is 0.952 bits per heavy atom. The number of hydrogen-bond donors (Lipinski definition) is 1. The molecule has 0 unspecified atom stereocenters. The molecule has 2 aromatic rings. The molecular weight excluding hydrogens is 264 g/mol. The minimum Gasteiger partial charge on any atom is -0.382 e. The molecule has 0 atom stereocenters. The summed E-state index contributed by atoms with van der Waals surface area (Å²) in [4.78, 5) is 15.2. The van der Waals surface area contributed by atoms with Crippen molar-refractivity contribution in [1.82, 2.24) is 24.4 Å². The van der Waals surface area contributed by atoms with Crippen molar-refractivity contribution in [3.63, 3.8) is 0 Å². The third-order valence-electron chi connectivity index (χ3n) is 4.25. The first kappa shape index (κ1) is 14.3. The molecule has 114 valence electrons. The third-order valence-corrected chi connectivity index (χ3v) is 4.25. The van der Waals surface area contributed by atoms with E-state index >= 15 is 0 Å². The lowest BCUT2D eigenvalue weighted by molar-refractivity contribution is 0.241. The van der Waals surface area contributed by atoms with Crippen LogP contribution in [0.15, 0.2) is 12.7 Å². The molecular formula is C15H24N6. The Morgan fingerprint density at radius 2 is 1.71 bits per heavy atom. The van der Waals surface area contributed by atoms with Crippen LogP contribution in [0.25, 0.3) is 11.2 Å². The predicted molar refractivity (Wildman–Crippen MR) is 83.9 cm³/mol. The maximum atomic E-state index is 5.81. The first-order chi connectivity index (χ1) is 10.3. The van der Waals surface area contributed by atoms with Crippen molar-refractivity contribution in [2.45, 2.75) is 45.1 Å². The number of aromatic nitrogens is 4. The fraction of sp³-hybridized carbons (Fsp3) is 0.667. The Hall–Kier alpha value is -1.69. The van der Waals surface area contributed by atoms with E-state index < -0.39 is 0 Å². The van der Waals surface area contributed by atoms with Crippen LogP contribution in [0, 0.1) is 0 Å². The number of likely N-dealkylation sites (tertiary alicyclic amines) is 1. The smallest absolute Gasteiger partial charge is 0.165 e. The molecule has 2 aromatic heterocycles. The van der Waals surface area contributed by atoms with Crippen LogP contribution in [0.4, 0.5) is 5.82 Å². The summed E-state index contributed by atoms with van der Waals surface area (Å²) < 4.78 is 2.08. The molecule has 0 bridgehead atoms. The van der Waals surface area contributed by atoms with Crippen LogP contribution in [-0.2, 0) is 6.54 Å². The lowest BCUT2D eigenvalue weighted by Crippen LogP contribution is -2.29. The molecule has 0 radical (unpaired) electrons. The van der Waals surface area contributed by atoms with Gasteiger partial charge in [0, 0.05) is 6.54 Å². The van der Waals surface area contributed by atoms with E-state index in [4.69, 9.17) is 5.73 Å². The summed E-state index contributed by atoms with van der Waals surface area (Å²) in [7, 11) is 0. The normalized spacial score (nSPS) is 17.7. The van der Waals surface area contributed by atoms with Crippen molar-refractivity contribution in [3.05, 3.63) is 12.7 Å². The van der Waals surface area contributed by atoms with Crippen molar-refractivity contribution in [2.75, 3.05) is 25.4 Å². The van der Waals surface area contributed by atoms with Gasteiger partial charge in [-0.3, -0.25) is 0 Å². The minimum atomic E-state index is 0.461. The molecule has 0 saturated carbocycles. The molecule has 0 aromatic carbocycles. The zero-order chi connectivity index (χ0) is 14.5. The van der Waals surface area contributed by atoms with Gasteiger partial charge in [0.25, 0.3) is 0 Å². The monoisotopic (exact) mass is 288 g/mol. The summed E-state index contributed by atoms with van der Waals surface area (Å²) in [5.74, 6) is 0.461. The highest BCUT2D eigenvalue weighted by molar-refractivity contribution is 5.80. The van der Waals surface area contributed by atoms with E-state index in [0.29, 0.717) is 11.3 Å². The Labute approximate surface area is 125 Å². The number of rotatable bonds is 4. The predicted octanol–water partition coefficient (Wildman–Crippen LogP) is 2.06. The second kappa shape index (κ2) is 6.85. The van der Waals surface area contributed by atoms with Gasteiger partial charge in [-0.1, -0.05) is 19.3 Å². The SMILES string of the molecule is Nc1ncnc2c1ncn2CCCN1CCCCCCC1. The Balaban J connectivity index is 1.55. The molecule has 6 heteroatoms. The lowest BCUT2D eigenvalue weighted by Gasteiger charge is -2.24. The fourth-order valence-corrected chi connectivity index (χ4v) is 3.06. The van der Waals surface area contributed by atoms with Gasteiger partial charge >= 0.3 is 0 Å². The molecule has 1 saturated heterocycles. The minimum absolute atomic E-state index is 0.461. The Kier molecular flexibility index (Phi) is 4.65. The lowest BCUT2D eigenvalue weighted by atomic mass is 10.1. The van der Waals surface area contributed by atoms with Crippen LogP contribution < -0.4 is 5.73 Å². The number of aryl methyl sites for hydroxylation is 1. The van der Waals surface area contributed by atoms with E-state index in [0.717, 1.165) is 25.2 Å². The summed E-state index contributed by atoms with van der Waals surface area (Å²) in [6, 6.07) is 0. The van der Waals surface area contributed by atoms with E-state index in [1.54, 1.807) is 0 Å². The number of imidazole rings is 1. The molecule has 0 amide bonds. The van der Waals surface area contributed by atoms with Gasteiger partial charge in [-0.15, -0.1) is 0 Å². The molecule has 3 heterocycles. The Bertz CT molecular complexity index is 571. The maximum Gasteiger partial charge on any atom is 0.165 e. The highest BCUT2D eigenvalue weighted by Crippen LogP contribution is 2.15. The summed E-state index contributed by atoms with van der Waals surface area (Å²) in [5.41, 5.74) is 7.37. The van der Waals surface area contributed by atoms with Gasteiger partial charge in [0.2, 0.25) is 0 Å². The van der Waals surface area contributed by atoms with Gasteiger partial charge in [-0.2, -0.15) is 0 Å². The first-order valence-electron chi connectivity index (χ1n) is 7.98. The molecule has 0 spiro atoms. The largest absolute Gasteiger partial charge is 0.382 e. The van der Waals surface area contributed by atoms with Crippen molar-refractivity contribution in [1.29, 1.82) is 0 Å². The standard InChI is InChI=1S/C15H24N6/c16-14-13-15(18-11-17-14)21(12-19-13)10-6-9-20-7-4-2-1-3-5-8-20/h11-12H,1-10H2,(H2,16,17,18). The molecule has 21 heavy (non-hydrogen) atoms. The van der Waals surface area contributed by atoms with Crippen molar-refractivity contribution in [2.24, 2.45) is 0 Å². The van der Waals surface area contributed by atoms with Crippen LogP contribution in [0.3, 0.4) is 0 Å². The van der Waals surface area contributed by atoms with E-state index in [1.807, 2.05) is 6.33 Å². The van der Waals surface area contributed by atoms with Crippen molar-refractivity contribution in [3.8, 4) is 0 Å². The van der Waals surface area contributed by atoms with Gasteiger partial charge < -0.3 is 15.2 Å². The first-order valence-corrected chi connectivity index (χ1v) is 7.98. The number of fused-ring (bicyclic) bond motifs is 1. The van der Waals surface area contributed by atoms with Crippen LogP contribution in [-0.4, -0.2) is 44.1 Å². The number of anilines is 1. The van der Waals surface area contributed by atoms with Gasteiger partial charge in [0.05, 0.1) is 6.33 Å². The maximum absolute atomic E-state index is 5.81. The molecule has 1 aliphatic rings. The molecule has 3 rings (SSSR count). The molecule has 6 nitrogen and oxygen atoms in total. The number of nitrogen functional groups attached to an aromatic ring is 1. The molecule has 2 N–H and O–H groups in total. The van der Waals surface area contributed by atoms with Crippen LogP contribution >= 0.6 is 0 Å². The fourth-order valence-electron chi connectivity index (χ4n) is 3.06. The summed E-state index contributed by atoms with van der Waals surface area (Å²) >= 11 is 0. The van der Waals surface area contributed by atoms with Crippen LogP contribution in [0.1, 0.15) is 38.5 Å². The second-order valence-corrected chi connectivity index (χ2v) is 5.83. The average molecular weight is 288 g/mol. The van der Waals surface area contributed by atoms with Crippen LogP contribution in [0.5, 0.6) is 0 Å². The van der Waals surface area contributed by atoms with Gasteiger partial charge in [0.1, 0.15) is 11.8 Å². The van der Waals surface area contributed by atoms with Crippen molar-refractivity contribution >= 4 is 17.0 Å². The summed E-state index contributed by atoms with van der Waals surface area (Å²) in [6.07, 6.45) is 11.3. The van der Waals surface area contributed by atoms with Gasteiger partial charge in [0.15, 0.2) is 11.5 Å². The molecule has 1 aliphatic heterocycles. The third kappa shape index (κ3) is 3.50. The zero-order valence-electron chi connectivity index (χ0n) is 12.5. The molecule has 1 fully saturated rings. The van der Waals surface area contributed by atoms with E-state index in [9.17, 15) is 0 Å². The van der Waals surface area contributed by atoms with Gasteiger partial charge in [-0.05, 0) is 38.9 Å². The number of nitrogens with zero attached hydrogens (tertiary/aromatic N) is 5. The quantitative estimate of drug-likeness (QED) is 0.932. The van der Waals surface area contributed by atoms with E-state index in [-0.39, 0.29) is 0 Å². The molecule has 0 aliphatic carbocycles. The average Bonchev–Trinajstić information content (AvgIpc) is 2.86. The second-order valence-electron chi connectivity index (χ2n) is 5.83. The summed E-state index contributed by atoms with van der Waals surface area (Å²) in [6.45, 7) is 4.59. The Morgan fingerprint density at radius 3 is 2.52 bits per heavy atom.